The molecular weight excluding hydrogens is 370 g/mol. The third-order valence-electron chi connectivity index (χ3n) is 4.80. The lowest BCUT2D eigenvalue weighted by atomic mass is 10.2. The van der Waals surface area contributed by atoms with E-state index in [0.29, 0.717) is 36.5 Å². The monoisotopic (exact) mass is 393 g/mol. The highest BCUT2D eigenvalue weighted by Crippen LogP contribution is 2.24. The van der Waals surface area contributed by atoms with Gasteiger partial charge in [0.25, 0.3) is 5.91 Å². The zero-order chi connectivity index (χ0) is 19.8. The lowest BCUT2D eigenvalue weighted by Gasteiger charge is -2.22. The molecule has 0 saturated carbocycles. The van der Waals surface area contributed by atoms with Crippen LogP contribution in [0, 0.1) is 13.8 Å². The standard InChI is InChI=1S/C17H23N5O4S/c1-12-16(13(2)20(3)19-12)27(25,26)22-8-4-7-21(9-10-22)17(24)14-5-6-18-15(23)11-14/h5-6,11H,4,7-10H2,1-3H3,(H,18,23). The van der Waals surface area contributed by atoms with Crippen LogP contribution in [0.5, 0.6) is 0 Å². The van der Waals surface area contributed by atoms with Crippen LogP contribution in [0.25, 0.3) is 0 Å². The van der Waals surface area contributed by atoms with E-state index in [1.54, 1.807) is 36.5 Å². The second-order valence-corrected chi connectivity index (χ2v) is 8.49. The molecule has 0 spiro atoms. The van der Waals surface area contributed by atoms with E-state index < -0.39 is 10.0 Å². The molecule has 10 heteroatoms. The van der Waals surface area contributed by atoms with Crippen LogP contribution < -0.4 is 5.56 Å². The van der Waals surface area contributed by atoms with Crippen LogP contribution in [0.2, 0.25) is 0 Å². The Labute approximate surface area is 157 Å². The summed E-state index contributed by atoms with van der Waals surface area (Å²) in [5.41, 5.74) is 1.01. The van der Waals surface area contributed by atoms with Crippen LogP contribution in [0.4, 0.5) is 0 Å². The molecule has 0 radical (unpaired) electrons. The number of hydrogen-bond acceptors (Lipinski definition) is 5. The van der Waals surface area contributed by atoms with Gasteiger partial charge in [0.2, 0.25) is 15.6 Å². The number of H-pyrrole nitrogens is 1. The number of nitrogens with one attached hydrogen (secondary N) is 1. The summed E-state index contributed by atoms with van der Waals surface area (Å²) in [7, 11) is -1.98. The first kappa shape index (κ1) is 19.3. The van der Waals surface area contributed by atoms with Crippen LogP contribution in [-0.2, 0) is 17.1 Å². The lowest BCUT2D eigenvalue weighted by Crippen LogP contribution is -2.37. The van der Waals surface area contributed by atoms with E-state index in [9.17, 15) is 18.0 Å². The molecular formula is C17H23N5O4S. The van der Waals surface area contributed by atoms with Gasteiger partial charge in [-0.25, -0.2) is 8.42 Å². The number of aromatic amines is 1. The maximum Gasteiger partial charge on any atom is 0.254 e. The van der Waals surface area contributed by atoms with Crippen molar-refractivity contribution in [3.8, 4) is 0 Å². The first-order valence-corrected chi connectivity index (χ1v) is 10.1. The molecule has 2 aromatic heterocycles. The molecule has 0 unspecified atom stereocenters. The van der Waals surface area contributed by atoms with Crippen molar-refractivity contribution < 1.29 is 13.2 Å². The SMILES string of the molecule is Cc1nn(C)c(C)c1S(=O)(=O)N1CCCN(C(=O)c2cc[nH]c(=O)c2)CC1. The van der Waals surface area contributed by atoms with Gasteiger partial charge in [-0.1, -0.05) is 0 Å². The molecule has 3 heterocycles. The molecule has 2 aromatic rings. The van der Waals surface area contributed by atoms with Gasteiger partial charge in [0.1, 0.15) is 4.90 Å². The molecule has 1 N–H and O–H groups in total. The second kappa shape index (κ2) is 7.28. The predicted octanol–water partition coefficient (Wildman–Crippen LogP) is 0.262. The van der Waals surface area contributed by atoms with Crippen LogP contribution in [0.15, 0.2) is 28.0 Å². The van der Waals surface area contributed by atoms with Crippen LogP contribution in [0.1, 0.15) is 28.2 Å². The fourth-order valence-electron chi connectivity index (χ4n) is 3.35. The van der Waals surface area contributed by atoms with Gasteiger partial charge in [-0.2, -0.15) is 9.40 Å². The van der Waals surface area contributed by atoms with Crippen LogP contribution in [0.3, 0.4) is 0 Å². The van der Waals surface area contributed by atoms with E-state index >= 15 is 0 Å². The van der Waals surface area contributed by atoms with Crippen molar-refractivity contribution in [3.63, 3.8) is 0 Å². The number of carbonyl (C=O) groups excluding carboxylic acids is 1. The number of aromatic nitrogens is 3. The number of amides is 1. The molecule has 0 aromatic carbocycles. The third-order valence-corrected chi connectivity index (χ3v) is 6.96. The van der Waals surface area contributed by atoms with Gasteiger partial charge < -0.3 is 9.88 Å². The zero-order valence-corrected chi connectivity index (χ0v) is 16.4. The maximum absolute atomic E-state index is 13.1. The van der Waals surface area contributed by atoms with Gasteiger partial charge in [-0.05, 0) is 26.3 Å². The van der Waals surface area contributed by atoms with E-state index in [4.69, 9.17) is 0 Å². The number of hydrogen-bond donors (Lipinski definition) is 1. The third kappa shape index (κ3) is 3.67. The summed E-state index contributed by atoms with van der Waals surface area (Å²) in [5, 5.41) is 4.20. The van der Waals surface area contributed by atoms with Crippen molar-refractivity contribution >= 4 is 15.9 Å². The molecule has 3 rings (SSSR count). The number of rotatable bonds is 3. The van der Waals surface area contributed by atoms with Gasteiger partial charge >= 0.3 is 0 Å². The highest BCUT2D eigenvalue weighted by atomic mass is 32.2. The van der Waals surface area contributed by atoms with E-state index in [0.717, 1.165) is 0 Å². The number of nitrogens with zero attached hydrogens (tertiary/aromatic N) is 4. The molecule has 1 aliphatic heterocycles. The topological polar surface area (TPSA) is 108 Å². The Kier molecular flexibility index (Phi) is 5.20. The highest BCUT2D eigenvalue weighted by molar-refractivity contribution is 7.89. The molecule has 1 fully saturated rings. The van der Waals surface area contributed by atoms with E-state index in [1.165, 1.54) is 16.6 Å². The lowest BCUT2D eigenvalue weighted by molar-refractivity contribution is 0.0764. The van der Waals surface area contributed by atoms with Gasteiger partial charge in [-0.3, -0.25) is 14.3 Å². The predicted molar refractivity (Wildman–Crippen MR) is 99.0 cm³/mol. The quantitative estimate of drug-likeness (QED) is 0.805. The van der Waals surface area contributed by atoms with Crippen molar-refractivity contribution in [1.29, 1.82) is 0 Å². The molecule has 1 saturated heterocycles. The molecule has 1 amide bonds. The van der Waals surface area contributed by atoms with Crippen molar-refractivity contribution in [2.45, 2.75) is 25.2 Å². The first-order valence-electron chi connectivity index (χ1n) is 8.70. The van der Waals surface area contributed by atoms with Gasteiger partial charge in [-0.15, -0.1) is 0 Å². The fraction of sp³-hybridized carbons (Fsp3) is 0.471. The zero-order valence-electron chi connectivity index (χ0n) is 15.6. The summed E-state index contributed by atoms with van der Waals surface area (Å²) in [5.74, 6) is -0.269. The minimum atomic E-state index is -3.69. The Bertz CT molecular complexity index is 1020. The number of pyridine rings is 1. The minimum Gasteiger partial charge on any atom is -0.337 e. The summed E-state index contributed by atoms with van der Waals surface area (Å²) in [4.78, 5) is 28.4. The number of sulfonamides is 1. The van der Waals surface area contributed by atoms with Crippen LogP contribution in [-0.4, -0.2) is 64.5 Å². The minimum absolute atomic E-state index is 0.199. The van der Waals surface area contributed by atoms with Crippen LogP contribution >= 0.6 is 0 Å². The Morgan fingerprint density at radius 3 is 2.56 bits per heavy atom. The van der Waals surface area contributed by atoms with Crippen molar-refractivity contribution in [2.75, 3.05) is 26.2 Å². The normalized spacial score (nSPS) is 16.3. The summed E-state index contributed by atoms with van der Waals surface area (Å²) >= 11 is 0. The Balaban J connectivity index is 1.80. The average molecular weight is 393 g/mol. The second-order valence-electron chi connectivity index (χ2n) is 6.61. The summed E-state index contributed by atoms with van der Waals surface area (Å²) in [6, 6.07) is 2.80. The summed E-state index contributed by atoms with van der Waals surface area (Å²) in [6.45, 7) is 4.64. The molecule has 0 aliphatic carbocycles. The molecule has 0 bridgehead atoms. The average Bonchev–Trinajstić information content (AvgIpc) is 2.80. The van der Waals surface area contributed by atoms with Gasteiger partial charge in [0.15, 0.2) is 0 Å². The number of carbonyl (C=O) groups is 1. The fourth-order valence-corrected chi connectivity index (χ4v) is 5.22. The Hall–Kier alpha value is -2.46. The van der Waals surface area contributed by atoms with Gasteiger partial charge in [0, 0.05) is 51.1 Å². The smallest absolute Gasteiger partial charge is 0.254 e. The van der Waals surface area contributed by atoms with E-state index in [1.807, 2.05) is 0 Å². The largest absolute Gasteiger partial charge is 0.337 e. The van der Waals surface area contributed by atoms with Crippen molar-refractivity contribution in [2.24, 2.45) is 7.05 Å². The first-order chi connectivity index (χ1) is 12.7. The Morgan fingerprint density at radius 2 is 1.93 bits per heavy atom. The van der Waals surface area contributed by atoms with Crippen molar-refractivity contribution in [1.82, 2.24) is 24.0 Å². The molecule has 9 nitrogen and oxygen atoms in total. The summed E-state index contributed by atoms with van der Waals surface area (Å²) < 4.78 is 29.2. The highest BCUT2D eigenvalue weighted by Gasteiger charge is 2.32. The van der Waals surface area contributed by atoms with Gasteiger partial charge in [0.05, 0.1) is 11.4 Å². The molecule has 1 aliphatic rings. The number of aryl methyl sites for hydroxylation is 2. The molecule has 0 atom stereocenters. The van der Waals surface area contributed by atoms with E-state index in [2.05, 4.69) is 10.1 Å². The Morgan fingerprint density at radius 1 is 1.19 bits per heavy atom. The molecule has 27 heavy (non-hydrogen) atoms. The van der Waals surface area contributed by atoms with Crippen molar-refractivity contribution in [3.05, 3.63) is 45.6 Å². The summed E-state index contributed by atoms with van der Waals surface area (Å²) in [6.07, 6.45) is 1.95. The maximum atomic E-state index is 13.1. The molecule has 146 valence electrons. The van der Waals surface area contributed by atoms with E-state index in [-0.39, 0.29) is 29.5 Å².